The molecule has 180 valence electrons. The molecule has 0 unspecified atom stereocenters. The third kappa shape index (κ3) is 8.40. The van der Waals surface area contributed by atoms with Gasteiger partial charge in [-0.05, 0) is 48.4 Å². The summed E-state index contributed by atoms with van der Waals surface area (Å²) in [5, 5.41) is 28.6. The Labute approximate surface area is 199 Å². The second-order valence-electron chi connectivity index (χ2n) is 7.78. The lowest BCUT2D eigenvalue weighted by atomic mass is 10.1. The summed E-state index contributed by atoms with van der Waals surface area (Å²) < 4.78 is 10.7. The van der Waals surface area contributed by atoms with Crippen molar-refractivity contribution in [2.75, 3.05) is 37.5 Å². The fourth-order valence-electron chi connectivity index (χ4n) is 3.27. The fourth-order valence-corrected chi connectivity index (χ4v) is 3.27. The van der Waals surface area contributed by atoms with Crippen LogP contribution < -0.4 is 25.4 Å². The molecule has 3 aromatic rings. The molecular formula is C26H31N3O5. The number of methoxy groups -OCH3 is 1. The van der Waals surface area contributed by atoms with Crippen LogP contribution in [-0.4, -0.2) is 55.3 Å². The molecule has 3 rings (SSSR count). The van der Waals surface area contributed by atoms with Crippen LogP contribution in [0.2, 0.25) is 0 Å². The van der Waals surface area contributed by atoms with Gasteiger partial charge >= 0.3 is 6.03 Å². The SMILES string of the molecule is COc1cccc(NC(=O)Nc2ccc(C[C@@H](CO)NC[C@H](O)COc3ccccc3)cc2)c1. The van der Waals surface area contributed by atoms with Crippen molar-refractivity contribution >= 4 is 17.4 Å². The number of aliphatic hydroxyl groups excluding tert-OH is 2. The van der Waals surface area contributed by atoms with Crippen LogP contribution in [0, 0.1) is 0 Å². The van der Waals surface area contributed by atoms with E-state index >= 15 is 0 Å². The molecule has 2 amide bonds. The summed E-state index contributed by atoms with van der Waals surface area (Å²) in [4.78, 5) is 12.2. The summed E-state index contributed by atoms with van der Waals surface area (Å²) in [6.45, 7) is 0.380. The Hall–Kier alpha value is -3.59. The zero-order valence-corrected chi connectivity index (χ0v) is 19.1. The standard InChI is InChI=1S/C26H31N3O5/c1-33-25-9-5-6-21(15-25)29-26(32)28-20-12-10-19(11-13-20)14-22(17-30)27-16-23(31)18-34-24-7-3-2-4-8-24/h2-13,15,22-23,27,30-31H,14,16-18H2,1H3,(H2,28,29,32)/t22-,23-/m0/s1. The summed E-state index contributed by atoms with van der Waals surface area (Å²) in [5.74, 6) is 1.36. The van der Waals surface area contributed by atoms with Crippen molar-refractivity contribution in [3.05, 3.63) is 84.4 Å². The predicted molar refractivity (Wildman–Crippen MR) is 133 cm³/mol. The van der Waals surface area contributed by atoms with Gasteiger partial charge in [0.05, 0.1) is 13.7 Å². The van der Waals surface area contributed by atoms with E-state index in [4.69, 9.17) is 9.47 Å². The van der Waals surface area contributed by atoms with E-state index < -0.39 is 6.10 Å². The zero-order valence-electron chi connectivity index (χ0n) is 19.1. The normalized spacial score (nSPS) is 12.4. The summed E-state index contributed by atoms with van der Waals surface area (Å²) in [7, 11) is 1.57. The number of amides is 2. The van der Waals surface area contributed by atoms with Crippen molar-refractivity contribution in [2.24, 2.45) is 0 Å². The molecule has 0 saturated heterocycles. The molecule has 0 aromatic heterocycles. The number of hydrogen-bond acceptors (Lipinski definition) is 6. The molecule has 8 nitrogen and oxygen atoms in total. The van der Waals surface area contributed by atoms with Crippen molar-refractivity contribution in [3.63, 3.8) is 0 Å². The van der Waals surface area contributed by atoms with Crippen LogP contribution in [0.3, 0.4) is 0 Å². The first-order chi connectivity index (χ1) is 16.6. The molecule has 5 N–H and O–H groups in total. The molecule has 3 aromatic carbocycles. The number of hydrogen-bond donors (Lipinski definition) is 5. The highest BCUT2D eigenvalue weighted by molar-refractivity contribution is 5.99. The summed E-state index contributed by atoms with van der Waals surface area (Å²) in [6, 6.07) is 23.2. The number of ether oxygens (including phenoxy) is 2. The monoisotopic (exact) mass is 465 g/mol. The number of rotatable bonds is 12. The molecule has 34 heavy (non-hydrogen) atoms. The van der Waals surface area contributed by atoms with Gasteiger partial charge in [0.2, 0.25) is 0 Å². The molecule has 0 aliphatic rings. The van der Waals surface area contributed by atoms with Gasteiger partial charge in [-0.1, -0.05) is 36.4 Å². The van der Waals surface area contributed by atoms with E-state index in [2.05, 4.69) is 16.0 Å². The second-order valence-corrected chi connectivity index (χ2v) is 7.78. The van der Waals surface area contributed by atoms with Gasteiger partial charge in [-0.2, -0.15) is 0 Å². The number of aliphatic hydroxyl groups is 2. The van der Waals surface area contributed by atoms with Gasteiger partial charge in [0.15, 0.2) is 0 Å². The molecule has 0 saturated carbocycles. The van der Waals surface area contributed by atoms with E-state index in [9.17, 15) is 15.0 Å². The minimum atomic E-state index is -0.705. The number of carbonyl (C=O) groups excluding carboxylic acids is 1. The van der Waals surface area contributed by atoms with Crippen LogP contribution in [0.4, 0.5) is 16.2 Å². The van der Waals surface area contributed by atoms with Crippen molar-refractivity contribution in [2.45, 2.75) is 18.6 Å². The zero-order chi connectivity index (χ0) is 24.2. The van der Waals surface area contributed by atoms with Crippen LogP contribution >= 0.6 is 0 Å². The maximum Gasteiger partial charge on any atom is 0.323 e. The molecule has 0 aliphatic heterocycles. The van der Waals surface area contributed by atoms with Gasteiger partial charge in [0, 0.05) is 30.0 Å². The highest BCUT2D eigenvalue weighted by Gasteiger charge is 2.12. The van der Waals surface area contributed by atoms with E-state index in [0.29, 0.717) is 35.8 Å². The quantitative estimate of drug-likeness (QED) is 0.281. The molecule has 0 spiro atoms. The summed E-state index contributed by atoms with van der Waals surface area (Å²) in [5.41, 5.74) is 2.26. The van der Waals surface area contributed by atoms with E-state index in [1.54, 1.807) is 43.5 Å². The van der Waals surface area contributed by atoms with Gasteiger partial charge < -0.3 is 35.6 Å². The van der Waals surface area contributed by atoms with Crippen molar-refractivity contribution in [3.8, 4) is 11.5 Å². The molecule has 0 fully saturated rings. The Morgan fingerprint density at radius 3 is 2.32 bits per heavy atom. The van der Waals surface area contributed by atoms with E-state index in [1.807, 2.05) is 42.5 Å². The third-order valence-corrected chi connectivity index (χ3v) is 5.07. The van der Waals surface area contributed by atoms with Gasteiger partial charge in [-0.25, -0.2) is 4.79 Å². The van der Waals surface area contributed by atoms with E-state index in [-0.39, 0.29) is 25.3 Å². The maximum absolute atomic E-state index is 12.2. The van der Waals surface area contributed by atoms with Crippen LogP contribution in [0.15, 0.2) is 78.9 Å². The topological polar surface area (TPSA) is 112 Å². The second kappa shape index (κ2) is 13.2. The Bertz CT molecular complexity index is 1010. The van der Waals surface area contributed by atoms with Gasteiger partial charge in [-0.15, -0.1) is 0 Å². The van der Waals surface area contributed by atoms with Gasteiger partial charge in [0.1, 0.15) is 24.2 Å². The lowest BCUT2D eigenvalue weighted by Crippen LogP contribution is -2.41. The Morgan fingerprint density at radius 1 is 0.912 bits per heavy atom. The Morgan fingerprint density at radius 2 is 1.62 bits per heavy atom. The highest BCUT2D eigenvalue weighted by atomic mass is 16.5. The average Bonchev–Trinajstić information content (AvgIpc) is 2.87. The molecule has 0 bridgehead atoms. The van der Waals surface area contributed by atoms with Crippen LogP contribution in [0.5, 0.6) is 11.5 Å². The molecule has 0 aliphatic carbocycles. The smallest absolute Gasteiger partial charge is 0.323 e. The average molecular weight is 466 g/mol. The number of nitrogens with one attached hydrogen (secondary N) is 3. The van der Waals surface area contributed by atoms with Crippen LogP contribution in [0.25, 0.3) is 0 Å². The largest absolute Gasteiger partial charge is 0.497 e. The molecule has 8 heteroatoms. The predicted octanol–water partition coefficient (Wildman–Crippen LogP) is 3.27. The summed E-state index contributed by atoms with van der Waals surface area (Å²) in [6.07, 6.45) is -0.136. The third-order valence-electron chi connectivity index (χ3n) is 5.07. The van der Waals surface area contributed by atoms with E-state index in [1.165, 1.54) is 0 Å². The van der Waals surface area contributed by atoms with Gasteiger partial charge in [0.25, 0.3) is 0 Å². The van der Waals surface area contributed by atoms with E-state index in [0.717, 1.165) is 5.56 Å². The van der Waals surface area contributed by atoms with Gasteiger partial charge in [-0.3, -0.25) is 0 Å². The fraction of sp³-hybridized carbons (Fsp3) is 0.269. The summed E-state index contributed by atoms with van der Waals surface area (Å²) >= 11 is 0. The Kier molecular flexibility index (Phi) is 9.72. The molecular weight excluding hydrogens is 434 g/mol. The lowest BCUT2D eigenvalue weighted by Gasteiger charge is -2.19. The lowest BCUT2D eigenvalue weighted by molar-refractivity contribution is 0.0997. The number of carbonyl (C=O) groups is 1. The first kappa shape index (κ1) is 25.0. The maximum atomic E-state index is 12.2. The number of para-hydroxylation sites is 1. The first-order valence-electron chi connectivity index (χ1n) is 11.1. The number of urea groups is 1. The highest BCUT2D eigenvalue weighted by Crippen LogP contribution is 2.17. The number of benzene rings is 3. The molecule has 0 radical (unpaired) electrons. The minimum absolute atomic E-state index is 0.0742. The van der Waals surface area contributed by atoms with Crippen molar-refractivity contribution in [1.82, 2.24) is 5.32 Å². The van der Waals surface area contributed by atoms with Crippen LogP contribution in [-0.2, 0) is 6.42 Å². The van der Waals surface area contributed by atoms with Crippen molar-refractivity contribution in [1.29, 1.82) is 0 Å². The molecule has 0 heterocycles. The first-order valence-corrected chi connectivity index (χ1v) is 11.1. The Balaban J connectivity index is 1.42. The van der Waals surface area contributed by atoms with Crippen molar-refractivity contribution < 1.29 is 24.5 Å². The number of anilines is 2. The van der Waals surface area contributed by atoms with Crippen LogP contribution in [0.1, 0.15) is 5.56 Å². The minimum Gasteiger partial charge on any atom is -0.497 e. The molecule has 2 atom stereocenters.